The van der Waals surface area contributed by atoms with Gasteiger partial charge in [0.05, 0.1) is 18.1 Å². The third-order valence-corrected chi connectivity index (χ3v) is 3.68. The van der Waals surface area contributed by atoms with Crippen LogP contribution in [-0.2, 0) is 4.79 Å². The van der Waals surface area contributed by atoms with Crippen LogP contribution in [0.2, 0.25) is 0 Å². The molecule has 3 N–H and O–H groups in total. The van der Waals surface area contributed by atoms with Crippen LogP contribution in [0, 0.1) is 0 Å². The van der Waals surface area contributed by atoms with Crippen LogP contribution in [0.4, 0.5) is 5.95 Å². The molecule has 8 heteroatoms. The van der Waals surface area contributed by atoms with Gasteiger partial charge < -0.3 is 15.5 Å². The quantitative estimate of drug-likeness (QED) is 0.829. The molecular weight excluding hydrogens is 278 g/mol. The molecule has 1 aliphatic heterocycles. The summed E-state index contributed by atoms with van der Waals surface area (Å²) in [6, 6.07) is 1.37. The zero-order valence-corrected chi connectivity index (χ0v) is 11.8. The molecule has 7 nitrogen and oxygen atoms in total. The van der Waals surface area contributed by atoms with Crippen molar-refractivity contribution in [2.24, 2.45) is 5.73 Å². The molecule has 0 saturated carbocycles. The second-order valence-corrected chi connectivity index (χ2v) is 5.13. The van der Waals surface area contributed by atoms with Gasteiger partial charge in [-0.1, -0.05) is 11.8 Å². The van der Waals surface area contributed by atoms with Gasteiger partial charge >= 0.3 is 0 Å². The van der Waals surface area contributed by atoms with Gasteiger partial charge in [-0.15, -0.1) is 5.10 Å². The van der Waals surface area contributed by atoms with E-state index in [0.717, 1.165) is 5.56 Å². The van der Waals surface area contributed by atoms with Crippen LogP contribution in [0.15, 0.2) is 39.4 Å². The highest BCUT2D eigenvalue weighted by molar-refractivity contribution is 7.98. The molecule has 1 amide bonds. The van der Waals surface area contributed by atoms with Crippen molar-refractivity contribution in [1.29, 1.82) is 0 Å². The van der Waals surface area contributed by atoms with E-state index in [4.69, 9.17) is 10.2 Å². The van der Waals surface area contributed by atoms with Crippen molar-refractivity contribution < 1.29 is 9.21 Å². The van der Waals surface area contributed by atoms with E-state index in [1.807, 2.05) is 6.26 Å². The lowest BCUT2D eigenvalue weighted by atomic mass is 9.97. The first kappa shape index (κ1) is 12.8. The number of nitrogens with two attached hydrogens (primary N) is 1. The van der Waals surface area contributed by atoms with Gasteiger partial charge in [0.1, 0.15) is 6.04 Å². The summed E-state index contributed by atoms with van der Waals surface area (Å²) < 4.78 is 6.77. The first-order chi connectivity index (χ1) is 9.61. The molecule has 3 rings (SSSR count). The van der Waals surface area contributed by atoms with Gasteiger partial charge in [0.2, 0.25) is 17.0 Å². The lowest BCUT2D eigenvalue weighted by molar-refractivity contribution is -0.115. The highest BCUT2D eigenvalue weighted by atomic mass is 32.2. The average Bonchev–Trinajstić information content (AvgIpc) is 3.05. The number of allylic oxidation sites excluding steroid dienone is 1. The van der Waals surface area contributed by atoms with E-state index in [1.165, 1.54) is 11.8 Å². The van der Waals surface area contributed by atoms with Gasteiger partial charge in [-0.05, 0) is 19.2 Å². The molecule has 0 bridgehead atoms. The van der Waals surface area contributed by atoms with Crippen LogP contribution in [0.25, 0.3) is 0 Å². The second-order valence-electron chi connectivity index (χ2n) is 4.35. The fraction of sp³-hybridized carbons (Fsp3) is 0.250. The lowest BCUT2D eigenvalue weighted by Crippen LogP contribution is -2.31. The second kappa shape index (κ2) is 4.71. The number of primary amides is 1. The predicted molar refractivity (Wildman–Crippen MR) is 74.2 cm³/mol. The topological polar surface area (TPSA) is 99.0 Å². The Bertz CT molecular complexity index is 689. The van der Waals surface area contributed by atoms with E-state index in [2.05, 4.69) is 15.4 Å². The maximum Gasteiger partial charge on any atom is 0.248 e. The number of rotatable bonds is 3. The molecule has 1 aliphatic rings. The molecule has 2 aromatic heterocycles. The Hall–Kier alpha value is -2.22. The Morgan fingerprint density at radius 3 is 3.00 bits per heavy atom. The standard InChI is InChI=1S/C12H13N5O2S/c1-6-8(10(13)18)9(7-3-4-19-5-7)17-11(14-6)15-12(16-17)20-2/h3-5,9H,1-2H3,(H2,13,18)(H,14,15,16)/t9-/m0/s1. The summed E-state index contributed by atoms with van der Waals surface area (Å²) in [6.45, 7) is 1.80. The van der Waals surface area contributed by atoms with E-state index >= 15 is 0 Å². The van der Waals surface area contributed by atoms with E-state index < -0.39 is 11.9 Å². The van der Waals surface area contributed by atoms with Crippen molar-refractivity contribution in [2.75, 3.05) is 11.6 Å². The number of carbonyl (C=O) groups excluding carboxylic acids is 1. The summed E-state index contributed by atoms with van der Waals surface area (Å²) in [5.74, 6) is 0.0936. The van der Waals surface area contributed by atoms with Crippen molar-refractivity contribution in [2.45, 2.75) is 18.1 Å². The highest BCUT2D eigenvalue weighted by Crippen LogP contribution is 2.35. The van der Waals surface area contributed by atoms with Gasteiger partial charge in [-0.3, -0.25) is 4.79 Å². The third kappa shape index (κ3) is 1.88. The monoisotopic (exact) mass is 291 g/mol. The number of fused-ring (bicyclic) bond motifs is 1. The predicted octanol–water partition coefficient (Wildman–Crippen LogP) is 1.37. The Balaban J connectivity index is 2.19. The number of anilines is 1. The third-order valence-electron chi connectivity index (χ3n) is 3.14. The average molecular weight is 291 g/mol. The summed E-state index contributed by atoms with van der Waals surface area (Å²) in [6.07, 6.45) is 5.03. The molecule has 1 atom stereocenters. The number of nitrogens with one attached hydrogen (secondary N) is 1. The molecule has 0 aliphatic carbocycles. The van der Waals surface area contributed by atoms with Crippen LogP contribution in [0.5, 0.6) is 0 Å². The van der Waals surface area contributed by atoms with Gasteiger partial charge in [0.25, 0.3) is 0 Å². The fourth-order valence-electron chi connectivity index (χ4n) is 2.28. The van der Waals surface area contributed by atoms with Crippen molar-refractivity contribution in [3.05, 3.63) is 35.4 Å². The van der Waals surface area contributed by atoms with E-state index in [0.29, 0.717) is 22.4 Å². The van der Waals surface area contributed by atoms with Crippen molar-refractivity contribution in [3.63, 3.8) is 0 Å². The van der Waals surface area contributed by atoms with E-state index in [-0.39, 0.29) is 0 Å². The van der Waals surface area contributed by atoms with Crippen LogP contribution in [-0.4, -0.2) is 26.9 Å². The number of carbonyl (C=O) groups is 1. The Morgan fingerprint density at radius 2 is 2.40 bits per heavy atom. The normalized spacial score (nSPS) is 17.8. The summed E-state index contributed by atoms with van der Waals surface area (Å²) in [4.78, 5) is 16.1. The zero-order chi connectivity index (χ0) is 14.3. The van der Waals surface area contributed by atoms with Crippen LogP contribution in [0.1, 0.15) is 18.5 Å². The van der Waals surface area contributed by atoms with Gasteiger partial charge in [0.15, 0.2) is 0 Å². The van der Waals surface area contributed by atoms with Crippen LogP contribution < -0.4 is 11.1 Å². The number of nitrogens with zero attached hydrogens (tertiary/aromatic N) is 3. The first-order valence-corrected chi connectivity index (χ1v) is 7.14. The molecule has 3 heterocycles. The van der Waals surface area contributed by atoms with Crippen molar-refractivity contribution in [3.8, 4) is 0 Å². The molecular formula is C12H13N5O2S. The van der Waals surface area contributed by atoms with E-state index in [1.54, 1.807) is 30.2 Å². The number of furan rings is 1. The Morgan fingerprint density at radius 1 is 1.60 bits per heavy atom. The zero-order valence-electron chi connectivity index (χ0n) is 11.0. The van der Waals surface area contributed by atoms with Gasteiger partial charge in [-0.25, -0.2) is 4.68 Å². The van der Waals surface area contributed by atoms with Crippen molar-refractivity contribution >= 4 is 23.6 Å². The maximum absolute atomic E-state index is 11.8. The minimum Gasteiger partial charge on any atom is -0.472 e. The van der Waals surface area contributed by atoms with E-state index in [9.17, 15) is 4.79 Å². The highest BCUT2D eigenvalue weighted by Gasteiger charge is 2.33. The summed E-state index contributed by atoms with van der Waals surface area (Å²) >= 11 is 1.43. The number of hydrogen-bond acceptors (Lipinski definition) is 6. The Kier molecular flexibility index (Phi) is 3.01. The number of hydrogen-bond donors (Lipinski definition) is 2. The summed E-state index contributed by atoms with van der Waals surface area (Å²) in [7, 11) is 0. The molecule has 0 fully saturated rings. The largest absolute Gasteiger partial charge is 0.472 e. The lowest BCUT2D eigenvalue weighted by Gasteiger charge is -2.26. The molecule has 0 unspecified atom stereocenters. The molecule has 20 heavy (non-hydrogen) atoms. The molecule has 0 spiro atoms. The number of amides is 1. The minimum atomic E-state index is -0.493. The van der Waals surface area contributed by atoms with Gasteiger partial charge in [0, 0.05) is 11.3 Å². The minimum absolute atomic E-state index is 0.420. The molecule has 0 saturated heterocycles. The summed E-state index contributed by atoms with van der Waals surface area (Å²) in [5.41, 5.74) is 7.45. The molecule has 0 aromatic carbocycles. The summed E-state index contributed by atoms with van der Waals surface area (Å²) in [5, 5.41) is 8.08. The number of thioether (sulfide) groups is 1. The number of aromatic nitrogens is 3. The molecule has 2 aromatic rings. The Labute approximate surface area is 119 Å². The molecule has 0 radical (unpaired) electrons. The van der Waals surface area contributed by atoms with Crippen molar-refractivity contribution in [1.82, 2.24) is 14.8 Å². The molecule has 104 valence electrons. The maximum atomic E-state index is 11.8. The van der Waals surface area contributed by atoms with Gasteiger partial charge in [-0.2, -0.15) is 4.98 Å². The SMILES string of the molecule is CSc1nc2n(n1)[C@@H](c1ccoc1)C(C(N)=O)=C(C)N2. The fourth-order valence-corrected chi connectivity index (χ4v) is 2.62. The van der Waals surface area contributed by atoms with Crippen LogP contribution in [0.3, 0.4) is 0 Å². The van der Waals surface area contributed by atoms with Crippen LogP contribution >= 0.6 is 11.8 Å². The smallest absolute Gasteiger partial charge is 0.248 e. The first-order valence-electron chi connectivity index (χ1n) is 5.92.